The van der Waals surface area contributed by atoms with E-state index in [0.29, 0.717) is 11.4 Å². The minimum absolute atomic E-state index is 0.125. The van der Waals surface area contributed by atoms with Gasteiger partial charge in [0.15, 0.2) is 0 Å². The smallest absolute Gasteiger partial charge is 0.323 e. The summed E-state index contributed by atoms with van der Waals surface area (Å²) in [5.74, 6) is -1.73. The molecule has 0 aliphatic carbocycles. The fourth-order valence-electron chi connectivity index (χ4n) is 1.95. The van der Waals surface area contributed by atoms with E-state index in [9.17, 15) is 14.4 Å². The lowest BCUT2D eigenvalue weighted by Gasteiger charge is -2.34. The molecule has 6 nitrogen and oxygen atoms in total. The van der Waals surface area contributed by atoms with Crippen molar-refractivity contribution < 1.29 is 19.5 Å². The second-order valence-corrected chi connectivity index (χ2v) is 3.97. The standard InChI is InChI=1S/C12H12N2O4/c1-8(15)13-6-11(16)14(7-12(17)18)10-5-3-2-4-9(10)13/h2-5H,6-7H2,1H3,(H,17,18). The van der Waals surface area contributed by atoms with Crippen LogP contribution in [0.4, 0.5) is 11.4 Å². The summed E-state index contributed by atoms with van der Waals surface area (Å²) in [6.07, 6.45) is 0. The number of carboxylic acid groups (broad SMARTS) is 1. The monoisotopic (exact) mass is 248 g/mol. The lowest BCUT2D eigenvalue weighted by molar-refractivity contribution is -0.136. The maximum atomic E-state index is 11.9. The van der Waals surface area contributed by atoms with Gasteiger partial charge in [-0.25, -0.2) is 0 Å². The molecule has 0 unspecified atom stereocenters. The number of rotatable bonds is 2. The van der Waals surface area contributed by atoms with Crippen molar-refractivity contribution in [1.29, 1.82) is 0 Å². The van der Waals surface area contributed by atoms with E-state index in [4.69, 9.17) is 5.11 Å². The largest absolute Gasteiger partial charge is 0.480 e. The molecule has 0 saturated heterocycles. The molecule has 0 aromatic heterocycles. The quantitative estimate of drug-likeness (QED) is 0.825. The minimum atomic E-state index is -1.09. The van der Waals surface area contributed by atoms with Gasteiger partial charge in [0.05, 0.1) is 11.4 Å². The molecule has 1 N–H and O–H groups in total. The number of para-hydroxylation sites is 2. The van der Waals surface area contributed by atoms with E-state index in [1.165, 1.54) is 16.7 Å². The molecule has 0 atom stereocenters. The van der Waals surface area contributed by atoms with Crippen LogP contribution in [0.3, 0.4) is 0 Å². The van der Waals surface area contributed by atoms with Gasteiger partial charge < -0.3 is 10.0 Å². The summed E-state index contributed by atoms with van der Waals surface area (Å²) in [6.45, 7) is 0.845. The molecule has 0 spiro atoms. The summed E-state index contributed by atoms with van der Waals surface area (Å²) in [5.41, 5.74) is 1.01. The first-order chi connectivity index (χ1) is 8.50. The number of carbonyl (C=O) groups excluding carboxylic acids is 2. The van der Waals surface area contributed by atoms with Crippen molar-refractivity contribution in [2.24, 2.45) is 0 Å². The molecule has 94 valence electrons. The lowest BCUT2D eigenvalue weighted by Crippen LogP contribution is -2.49. The van der Waals surface area contributed by atoms with Gasteiger partial charge in [-0.2, -0.15) is 0 Å². The van der Waals surface area contributed by atoms with Crippen LogP contribution in [0.15, 0.2) is 24.3 Å². The Morgan fingerprint density at radius 1 is 1.28 bits per heavy atom. The first-order valence-electron chi connectivity index (χ1n) is 5.40. The highest BCUT2D eigenvalue weighted by atomic mass is 16.4. The maximum Gasteiger partial charge on any atom is 0.323 e. The molecule has 0 bridgehead atoms. The summed E-state index contributed by atoms with van der Waals surface area (Å²) >= 11 is 0. The molecule has 1 aromatic rings. The fraction of sp³-hybridized carbons (Fsp3) is 0.250. The number of hydrogen-bond donors (Lipinski definition) is 1. The van der Waals surface area contributed by atoms with Crippen LogP contribution in [0.1, 0.15) is 6.92 Å². The first kappa shape index (κ1) is 12.1. The average Bonchev–Trinajstić information content (AvgIpc) is 2.31. The van der Waals surface area contributed by atoms with Crippen LogP contribution in [0, 0.1) is 0 Å². The van der Waals surface area contributed by atoms with Gasteiger partial charge in [0.1, 0.15) is 13.1 Å². The number of anilines is 2. The van der Waals surface area contributed by atoms with Crippen LogP contribution in [-0.4, -0.2) is 36.0 Å². The van der Waals surface area contributed by atoms with E-state index in [1.54, 1.807) is 24.3 Å². The number of amides is 2. The number of fused-ring (bicyclic) bond motifs is 1. The van der Waals surface area contributed by atoms with Crippen molar-refractivity contribution in [2.75, 3.05) is 22.9 Å². The Morgan fingerprint density at radius 3 is 2.44 bits per heavy atom. The summed E-state index contributed by atoms with van der Waals surface area (Å²) in [6, 6.07) is 6.76. The Kier molecular flexibility index (Phi) is 3.01. The topological polar surface area (TPSA) is 77.9 Å². The third kappa shape index (κ3) is 2.04. The molecular weight excluding hydrogens is 236 g/mol. The van der Waals surface area contributed by atoms with Gasteiger partial charge in [-0.15, -0.1) is 0 Å². The van der Waals surface area contributed by atoms with Gasteiger partial charge >= 0.3 is 5.97 Å². The molecular formula is C12H12N2O4. The van der Waals surface area contributed by atoms with Gasteiger partial charge in [-0.1, -0.05) is 12.1 Å². The predicted molar refractivity (Wildman–Crippen MR) is 64.5 cm³/mol. The zero-order chi connectivity index (χ0) is 13.3. The second kappa shape index (κ2) is 4.48. The number of hydrogen-bond acceptors (Lipinski definition) is 3. The molecule has 0 radical (unpaired) electrons. The Hall–Kier alpha value is -2.37. The van der Waals surface area contributed by atoms with E-state index in [2.05, 4.69) is 0 Å². The normalized spacial score (nSPS) is 14.4. The van der Waals surface area contributed by atoms with Crippen molar-refractivity contribution in [3.05, 3.63) is 24.3 Å². The van der Waals surface area contributed by atoms with Gasteiger partial charge in [0.2, 0.25) is 11.8 Å². The molecule has 18 heavy (non-hydrogen) atoms. The first-order valence-corrected chi connectivity index (χ1v) is 5.40. The van der Waals surface area contributed by atoms with Crippen LogP contribution in [0.25, 0.3) is 0 Å². The highest BCUT2D eigenvalue weighted by Gasteiger charge is 2.31. The summed E-state index contributed by atoms with van der Waals surface area (Å²) < 4.78 is 0. The Bertz CT molecular complexity index is 527. The number of benzene rings is 1. The number of carboxylic acids is 1. The molecule has 6 heteroatoms. The van der Waals surface area contributed by atoms with E-state index < -0.39 is 18.4 Å². The highest BCUT2D eigenvalue weighted by molar-refractivity contribution is 6.11. The average molecular weight is 248 g/mol. The third-order valence-electron chi connectivity index (χ3n) is 2.73. The van der Waals surface area contributed by atoms with Crippen LogP contribution in [0.2, 0.25) is 0 Å². The SMILES string of the molecule is CC(=O)N1CC(=O)N(CC(=O)O)c2ccccc21. The number of aliphatic carboxylic acids is 1. The lowest BCUT2D eigenvalue weighted by atomic mass is 10.1. The molecule has 2 amide bonds. The third-order valence-corrected chi connectivity index (χ3v) is 2.73. The maximum absolute atomic E-state index is 11.9. The van der Waals surface area contributed by atoms with Crippen LogP contribution in [-0.2, 0) is 14.4 Å². The molecule has 1 heterocycles. The summed E-state index contributed by atoms with van der Waals surface area (Å²) in [4.78, 5) is 36.6. The van der Waals surface area contributed by atoms with Crippen molar-refractivity contribution in [1.82, 2.24) is 0 Å². The summed E-state index contributed by atoms with van der Waals surface area (Å²) in [7, 11) is 0. The zero-order valence-electron chi connectivity index (χ0n) is 9.79. The van der Waals surface area contributed by atoms with Crippen LogP contribution < -0.4 is 9.80 Å². The van der Waals surface area contributed by atoms with Crippen LogP contribution in [0.5, 0.6) is 0 Å². The second-order valence-electron chi connectivity index (χ2n) is 3.97. The van der Waals surface area contributed by atoms with Crippen molar-refractivity contribution >= 4 is 29.2 Å². The van der Waals surface area contributed by atoms with E-state index in [1.807, 2.05) is 0 Å². The molecule has 1 aliphatic rings. The van der Waals surface area contributed by atoms with Gasteiger partial charge in [0.25, 0.3) is 0 Å². The molecule has 2 rings (SSSR count). The zero-order valence-corrected chi connectivity index (χ0v) is 9.79. The number of carbonyl (C=O) groups is 3. The van der Waals surface area contributed by atoms with Crippen molar-refractivity contribution in [3.63, 3.8) is 0 Å². The minimum Gasteiger partial charge on any atom is -0.480 e. The Balaban J connectivity index is 2.47. The number of nitrogens with zero attached hydrogens (tertiary/aromatic N) is 2. The van der Waals surface area contributed by atoms with Crippen molar-refractivity contribution in [2.45, 2.75) is 6.92 Å². The van der Waals surface area contributed by atoms with E-state index >= 15 is 0 Å². The molecule has 1 aromatic carbocycles. The van der Waals surface area contributed by atoms with Gasteiger partial charge in [0, 0.05) is 6.92 Å². The van der Waals surface area contributed by atoms with Crippen LogP contribution >= 0.6 is 0 Å². The Labute approximate surface area is 103 Å². The Morgan fingerprint density at radius 2 is 1.89 bits per heavy atom. The predicted octanol–water partition coefficient (Wildman–Crippen LogP) is 0.471. The van der Waals surface area contributed by atoms with Crippen molar-refractivity contribution in [3.8, 4) is 0 Å². The highest BCUT2D eigenvalue weighted by Crippen LogP contribution is 2.33. The van der Waals surface area contributed by atoms with Gasteiger partial charge in [-0.05, 0) is 12.1 Å². The van der Waals surface area contributed by atoms with E-state index in [0.717, 1.165) is 0 Å². The molecule has 0 saturated carbocycles. The van der Waals surface area contributed by atoms with E-state index in [-0.39, 0.29) is 12.5 Å². The van der Waals surface area contributed by atoms with Gasteiger partial charge in [-0.3, -0.25) is 19.3 Å². The summed E-state index contributed by atoms with van der Waals surface area (Å²) in [5, 5.41) is 8.81. The fourth-order valence-corrected chi connectivity index (χ4v) is 1.95. The molecule has 0 fully saturated rings. The molecule has 1 aliphatic heterocycles.